The van der Waals surface area contributed by atoms with Crippen LogP contribution in [0.15, 0.2) is 18.3 Å². The lowest BCUT2D eigenvalue weighted by Gasteiger charge is -2.31. The summed E-state index contributed by atoms with van der Waals surface area (Å²) in [5.74, 6) is 0.441. The largest absolute Gasteiger partial charge is 0.316 e. The number of rotatable bonds is 4. The maximum atomic E-state index is 12.8. The second kappa shape index (κ2) is 6.25. The van der Waals surface area contributed by atoms with Gasteiger partial charge in [0.25, 0.3) is 0 Å². The Morgan fingerprint density at radius 3 is 3.00 bits per heavy atom. The van der Waals surface area contributed by atoms with Gasteiger partial charge >= 0.3 is 0 Å². The van der Waals surface area contributed by atoms with Gasteiger partial charge in [-0.05, 0) is 58.0 Å². The molecule has 2 unspecified atom stereocenters. The molecule has 0 amide bonds. The molecule has 0 spiro atoms. The molecule has 0 bridgehead atoms. The molecule has 18 heavy (non-hydrogen) atoms. The van der Waals surface area contributed by atoms with E-state index in [1.54, 1.807) is 6.07 Å². The van der Waals surface area contributed by atoms with Crippen LogP contribution in [-0.4, -0.2) is 36.6 Å². The van der Waals surface area contributed by atoms with Gasteiger partial charge in [-0.3, -0.25) is 9.88 Å². The van der Waals surface area contributed by atoms with Gasteiger partial charge in [0, 0.05) is 12.6 Å². The Kier molecular flexibility index (Phi) is 4.66. The molecule has 0 aliphatic carbocycles. The summed E-state index contributed by atoms with van der Waals surface area (Å²) in [7, 11) is 2.12. The van der Waals surface area contributed by atoms with Crippen molar-refractivity contribution in [1.82, 2.24) is 15.2 Å². The molecule has 2 heterocycles. The van der Waals surface area contributed by atoms with Crippen molar-refractivity contribution in [3.05, 3.63) is 29.8 Å². The smallest absolute Gasteiger partial charge is 0.141 e. The first-order chi connectivity index (χ1) is 8.66. The molecule has 1 aliphatic heterocycles. The van der Waals surface area contributed by atoms with Gasteiger partial charge in [0.2, 0.25) is 0 Å². The van der Waals surface area contributed by atoms with E-state index in [4.69, 9.17) is 0 Å². The third-order valence-corrected chi connectivity index (χ3v) is 3.78. The van der Waals surface area contributed by atoms with Crippen LogP contribution in [0, 0.1) is 11.7 Å². The second-order valence-corrected chi connectivity index (χ2v) is 5.23. The van der Waals surface area contributed by atoms with Crippen molar-refractivity contribution < 1.29 is 4.39 Å². The molecule has 1 saturated heterocycles. The van der Waals surface area contributed by atoms with Crippen LogP contribution < -0.4 is 5.32 Å². The fraction of sp³-hybridized carbons (Fsp3) is 0.643. The van der Waals surface area contributed by atoms with E-state index in [1.165, 1.54) is 25.1 Å². The molecule has 1 N–H and O–H groups in total. The van der Waals surface area contributed by atoms with Crippen molar-refractivity contribution in [2.75, 3.05) is 26.7 Å². The van der Waals surface area contributed by atoms with Crippen molar-refractivity contribution in [2.24, 2.45) is 5.92 Å². The second-order valence-electron chi connectivity index (χ2n) is 5.23. The lowest BCUT2D eigenvalue weighted by atomic mass is 9.98. The van der Waals surface area contributed by atoms with Crippen LogP contribution in [-0.2, 0) is 0 Å². The van der Waals surface area contributed by atoms with Crippen LogP contribution >= 0.6 is 0 Å². The monoisotopic (exact) mass is 251 g/mol. The summed E-state index contributed by atoms with van der Waals surface area (Å²) < 4.78 is 12.8. The number of nitrogens with zero attached hydrogens (tertiary/aromatic N) is 2. The first kappa shape index (κ1) is 13.4. The SMILES string of the molecule is CC(c1ccc(F)cn1)N(C)CC1CCCNC1. The highest BCUT2D eigenvalue weighted by Gasteiger charge is 2.19. The van der Waals surface area contributed by atoms with E-state index >= 15 is 0 Å². The fourth-order valence-electron chi connectivity index (χ4n) is 2.51. The minimum atomic E-state index is -0.273. The summed E-state index contributed by atoms with van der Waals surface area (Å²) in [5, 5.41) is 3.43. The molecule has 1 fully saturated rings. The number of hydrogen-bond donors (Lipinski definition) is 1. The third kappa shape index (κ3) is 3.50. The Morgan fingerprint density at radius 1 is 1.56 bits per heavy atom. The summed E-state index contributed by atoms with van der Waals surface area (Å²) in [5.41, 5.74) is 0.933. The van der Waals surface area contributed by atoms with Gasteiger partial charge in [-0.2, -0.15) is 0 Å². The predicted octanol–water partition coefficient (Wildman–Crippen LogP) is 2.21. The van der Waals surface area contributed by atoms with E-state index < -0.39 is 0 Å². The number of nitrogens with one attached hydrogen (secondary N) is 1. The Balaban J connectivity index is 1.91. The first-order valence-electron chi connectivity index (χ1n) is 6.69. The first-order valence-corrected chi connectivity index (χ1v) is 6.69. The van der Waals surface area contributed by atoms with E-state index in [9.17, 15) is 4.39 Å². The number of hydrogen-bond acceptors (Lipinski definition) is 3. The lowest BCUT2D eigenvalue weighted by Crippen LogP contribution is -2.37. The molecule has 4 heteroatoms. The molecule has 0 radical (unpaired) electrons. The van der Waals surface area contributed by atoms with Crippen LogP contribution in [0.1, 0.15) is 31.5 Å². The summed E-state index contributed by atoms with van der Waals surface area (Å²) in [6, 6.07) is 3.48. The summed E-state index contributed by atoms with van der Waals surface area (Å²) in [4.78, 5) is 6.46. The van der Waals surface area contributed by atoms with Gasteiger partial charge in [-0.25, -0.2) is 4.39 Å². The van der Waals surface area contributed by atoms with Crippen molar-refractivity contribution in [2.45, 2.75) is 25.8 Å². The zero-order valence-electron chi connectivity index (χ0n) is 11.2. The number of pyridine rings is 1. The molecule has 3 nitrogen and oxygen atoms in total. The molecule has 1 aliphatic rings. The standard InChI is InChI=1S/C14H22FN3/c1-11(14-6-5-13(15)9-17-14)18(2)10-12-4-3-7-16-8-12/h5-6,9,11-12,16H,3-4,7-8,10H2,1-2H3. The number of halogens is 1. The molecule has 0 aromatic carbocycles. The molecule has 2 atom stereocenters. The van der Waals surface area contributed by atoms with E-state index in [0.29, 0.717) is 5.92 Å². The summed E-state index contributed by atoms with van der Waals surface area (Å²) >= 11 is 0. The van der Waals surface area contributed by atoms with Gasteiger partial charge < -0.3 is 5.32 Å². The zero-order valence-corrected chi connectivity index (χ0v) is 11.2. The Bertz CT molecular complexity index is 360. The summed E-state index contributed by atoms with van der Waals surface area (Å²) in [6.45, 7) is 5.44. The Hall–Kier alpha value is -1.00. The molecule has 1 aromatic rings. The van der Waals surface area contributed by atoms with Gasteiger partial charge in [0.15, 0.2) is 0 Å². The minimum absolute atomic E-state index is 0.229. The highest BCUT2D eigenvalue weighted by atomic mass is 19.1. The van der Waals surface area contributed by atoms with E-state index in [0.717, 1.165) is 25.3 Å². The maximum Gasteiger partial charge on any atom is 0.141 e. The van der Waals surface area contributed by atoms with E-state index in [2.05, 4.69) is 29.2 Å². The zero-order chi connectivity index (χ0) is 13.0. The van der Waals surface area contributed by atoms with E-state index in [-0.39, 0.29) is 11.9 Å². The van der Waals surface area contributed by atoms with Crippen molar-refractivity contribution in [1.29, 1.82) is 0 Å². The Labute approximate surface area is 108 Å². The quantitative estimate of drug-likeness (QED) is 0.889. The fourth-order valence-corrected chi connectivity index (χ4v) is 2.51. The molecule has 2 rings (SSSR count). The van der Waals surface area contributed by atoms with Crippen LogP contribution in [0.5, 0.6) is 0 Å². The van der Waals surface area contributed by atoms with Crippen LogP contribution in [0.25, 0.3) is 0 Å². The minimum Gasteiger partial charge on any atom is -0.316 e. The van der Waals surface area contributed by atoms with Crippen molar-refractivity contribution in [3.8, 4) is 0 Å². The highest BCUT2D eigenvalue weighted by Crippen LogP contribution is 2.20. The third-order valence-electron chi connectivity index (χ3n) is 3.78. The number of aromatic nitrogens is 1. The normalized spacial score (nSPS) is 22.1. The Morgan fingerprint density at radius 2 is 2.39 bits per heavy atom. The van der Waals surface area contributed by atoms with Crippen molar-refractivity contribution >= 4 is 0 Å². The van der Waals surface area contributed by atoms with E-state index in [1.807, 2.05) is 0 Å². The average Bonchev–Trinajstić information content (AvgIpc) is 2.40. The van der Waals surface area contributed by atoms with Crippen LogP contribution in [0.3, 0.4) is 0 Å². The number of piperidine rings is 1. The molecule has 0 saturated carbocycles. The maximum absolute atomic E-state index is 12.8. The van der Waals surface area contributed by atoms with Gasteiger partial charge in [0.05, 0.1) is 11.9 Å². The van der Waals surface area contributed by atoms with Crippen LogP contribution in [0.2, 0.25) is 0 Å². The lowest BCUT2D eigenvalue weighted by molar-refractivity contribution is 0.196. The molecule has 1 aromatic heterocycles. The van der Waals surface area contributed by atoms with Gasteiger partial charge in [0.1, 0.15) is 5.82 Å². The van der Waals surface area contributed by atoms with Gasteiger partial charge in [-0.1, -0.05) is 0 Å². The topological polar surface area (TPSA) is 28.2 Å². The highest BCUT2D eigenvalue weighted by molar-refractivity contribution is 5.09. The van der Waals surface area contributed by atoms with Crippen LogP contribution in [0.4, 0.5) is 4.39 Å². The molecular formula is C14H22FN3. The average molecular weight is 251 g/mol. The van der Waals surface area contributed by atoms with Crippen molar-refractivity contribution in [3.63, 3.8) is 0 Å². The molecular weight excluding hydrogens is 229 g/mol. The summed E-state index contributed by atoms with van der Waals surface area (Å²) in [6.07, 6.45) is 3.85. The molecule has 100 valence electrons. The van der Waals surface area contributed by atoms with Gasteiger partial charge in [-0.15, -0.1) is 0 Å². The predicted molar refractivity (Wildman–Crippen MR) is 70.8 cm³/mol.